The van der Waals surface area contributed by atoms with Crippen molar-refractivity contribution >= 4 is 5.97 Å². The quantitative estimate of drug-likeness (QED) is 0.663. The van der Waals surface area contributed by atoms with Crippen molar-refractivity contribution in [1.29, 1.82) is 5.26 Å². The van der Waals surface area contributed by atoms with Crippen molar-refractivity contribution in [2.24, 2.45) is 0 Å². The summed E-state index contributed by atoms with van der Waals surface area (Å²) in [5, 5.41) is 12.1. The van der Waals surface area contributed by atoms with E-state index in [1.165, 1.54) is 7.11 Å². The third-order valence-corrected chi connectivity index (χ3v) is 3.17. The van der Waals surface area contributed by atoms with Crippen LogP contribution in [0.2, 0.25) is 0 Å². The molecular weight excluding hydrogens is 240 g/mol. The first-order valence-corrected chi connectivity index (χ1v) is 6.28. The second kappa shape index (κ2) is 6.05. The van der Waals surface area contributed by atoms with Crippen LogP contribution < -0.4 is 5.32 Å². The van der Waals surface area contributed by atoms with E-state index in [0.717, 1.165) is 30.6 Å². The number of carbonyl (C=O) groups is 1. The number of nitrogens with zero attached hydrogens (tertiary/aromatic N) is 1. The van der Waals surface area contributed by atoms with Gasteiger partial charge in [0.05, 0.1) is 24.3 Å². The van der Waals surface area contributed by atoms with Gasteiger partial charge in [-0.2, -0.15) is 5.26 Å². The number of rotatable bonds is 3. The molecule has 1 aromatic rings. The molecule has 0 aliphatic carbocycles. The van der Waals surface area contributed by atoms with E-state index in [1.54, 1.807) is 12.1 Å². The third-order valence-electron chi connectivity index (χ3n) is 3.17. The zero-order valence-corrected chi connectivity index (χ0v) is 10.9. The molecule has 1 N–H and O–H groups in total. The molecule has 1 fully saturated rings. The summed E-state index contributed by atoms with van der Waals surface area (Å²) in [7, 11) is 1.39. The summed E-state index contributed by atoms with van der Waals surface area (Å²) in [5.41, 5.74) is 3.18. The predicted molar refractivity (Wildman–Crippen MR) is 71.1 cm³/mol. The fourth-order valence-electron chi connectivity index (χ4n) is 2.23. The summed E-state index contributed by atoms with van der Waals surface area (Å²) in [4.78, 5) is 11.9. The molecule has 1 heterocycles. The standard InChI is InChI=1S/C15H16N2O2/c1-19-15(18)13(14-6-3-7-17-14)9-11-4-2-5-12(8-11)10-16/h2,4-5,8,17H,3,6-7,9H2,1H3. The first-order valence-electron chi connectivity index (χ1n) is 6.28. The highest BCUT2D eigenvalue weighted by molar-refractivity contribution is 5.89. The SMILES string of the molecule is COC(=O)C(Cc1cccc(C#N)c1)=C1CCCN1. The monoisotopic (exact) mass is 256 g/mol. The van der Waals surface area contributed by atoms with Gasteiger partial charge in [-0.25, -0.2) is 4.79 Å². The topological polar surface area (TPSA) is 62.1 Å². The molecule has 0 spiro atoms. The zero-order chi connectivity index (χ0) is 13.7. The van der Waals surface area contributed by atoms with Gasteiger partial charge in [0.25, 0.3) is 0 Å². The average Bonchev–Trinajstić information content (AvgIpc) is 2.98. The van der Waals surface area contributed by atoms with E-state index in [2.05, 4.69) is 11.4 Å². The fraction of sp³-hybridized carbons (Fsp3) is 0.333. The van der Waals surface area contributed by atoms with Crippen LogP contribution in [0.1, 0.15) is 24.0 Å². The molecule has 0 radical (unpaired) electrons. The number of hydrogen-bond donors (Lipinski definition) is 1. The lowest BCUT2D eigenvalue weighted by Crippen LogP contribution is -2.16. The van der Waals surface area contributed by atoms with Crippen LogP contribution in [0.5, 0.6) is 0 Å². The number of esters is 1. The van der Waals surface area contributed by atoms with E-state index in [4.69, 9.17) is 10.00 Å². The van der Waals surface area contributed by atoms with Gasteiger partial charge in [-0.1, -0.05) is 12.1 Å². The van der Waals surface area contributed by atoms with E-state index in [9.17, 15) is 4.79 Å². The molecule has 1 aliphatic heterocycles. The molecular formula is C15H16N2O2. The molecule has 0 unspecified atom stereocenters. The van der Waals surface area contributed by atoms with Gasteiger partial charge in [-0.05, 0) is 30.5 Å². The maximum atomic E-state index is 11.9. The fourth-order valence-corrected chi connectivity index (χ4v) is 2.23. The number of benzene rings is 1. The molecule has 0 amide bonds. The number of methoxy groups -OCH3 is 1. The van der Waals surface area contributed by atoms with Crippen molar-refractivity contribution < 1.29 is 9.53 Å². The van der Waals surface area contributed by atoms with Gasteiger partial charge in [0.2, 0.25) is 0 Å². The zero-order valence-electron chi connectivity index (χ0n) is 10.9. The summed E-state index contributed by atoms with van der Waals surface area (Å²) >= 11 is 0. The van der Waals surface area contributed by atoms with Crippen molar-refractivity contribution in [2.45, 2.75) is 19.3 Å². The molecule has 0 saturated carbocycles. The summed E-state index contributed by atoms with van der Waals surface area (Å²) in [6.45, 7) is 0.897. The van der Waals surface area contributed by atoms with Gasteiger partial charge in [0.1, 0.15) is 0 Å². The normalized spacial score (nSPS) is 16.4. The minimum Gasteiger partial charge on any atom is -0.466 e. The summed E-state index contributed by atoms with van der Waals surface area (Å²) < 4.78 is 4.85. The Bertz CT molecular complexity index is 548. The van der Waals surface area contributed by atoms with Gasteiger partial charge < -0.3 is 10.1 Å². The van der Waals surface area contributed by atoms with E-state index in [0.29, 0.717) is 17.6 Å². The molecule has 0 atom stereocenters. The van der Waals surface area contributed by atoms with E-state index in [1.807, 2.05) is 12.1 Å². The maximum absolute atomic E-state index is 11.9. The Morgan fingerprint density at radius 3 is 3.00 bits per heavy atom. The van der Waals surface area contributed by atoms with E-state index in [-0.39, 0.29) is 5.97 Å². The molecule has 1 aliphatic rings. The highest BCUT2D eigenvalue weighted by atomic mass is 16.5. The van der Waals surface area contributed by atoms with Crippen molar-refractivity contribution in [3.05, 3.63) is 46.7 Å². The average molecular weight is 256 g/mol. The van der Waals surface area contributed by atoms with Gasteiger partial charge in [0, 0.05) is 18.7 Å². The predicted octanol–water partition coefficient (Wildman–Crippen LogP) is 1.91. The summed E-state index contributed by atoms with van der Waals surface area (Å²) in [6, 6.07) is 9.41. The van der Waals surface area contributed by atoms with E-state index >= 15 is 0 Å². The van der Waals surface area contributed by atoms with Crippen LogP contribution in [0.4, 0.5) is 0 Å². The number of nitrogens with one attached hydrogen (secondary N) is 1. The van der Waals surface area contributed by atoms with Crippen molar-refractivity contribution in [3.8, 4) is 6.07 Å². The van der Waals surface area contributed by atoms with Crippen LogP contribution in [0, 0.1) is 11.3 Å². The minimum atomic E-state index is -0.299. The highest BCUT2D eigenvalue weighted by Gasteiger charge is 2.19. The van der Waals surface area contributed by atoms with Gasteiger partial charge in [0.15, 0.2) is 0 Å². The highest BCUT2D eigenvalue weighted by Crippen LogP contribution is 2.19. The number of hydrogen-bond acceptors (Lipinski definition) is 4. The van der Waals surface area contributed by atoms with Crippen LogP contribution in [-0.2, 0) is 16.0 Å². The molecule has 4 heteroatoms. The minimum absolute atomic E-state index is 0.299. The van der Waals surface area contributed by atoms with Gasteiger partial charge in [-0.3, -0.25) is 0 Å². The largest absolute Gasteiger partial charge is 0.466 e. The molecule has 98 valence electrons. The first kappa shape index (κ1) is 13.2. The number of ether oxygens (including phenoxy) is 1. The Kier molecular flexibility index (Phi) is 4.19. The number of carbonyl (C=O) groups excluding carboxylic acids is 1. The lowest BCUT2D eigenvalue weighted by Gasteiger charge is -2.10. The Morgan fingerprint density at radius 2 is 2.37 bits per heavy atom. The lowest BCUT2D eigenvalue weighted by molar-refractivity contribution is -0.136. The molecule has 4 nitrogen and oxygen atoms in total. The van der Waals surface area contributed by atoms with Gasteiger partial charge in [-0.15, -0.1) is 0 Å². The second-order valence-corrected chi connectivity index (χ2v) is 4.47. The lowest BCUT2D eigenvalue weighted by atomic mass is 10.0. The van der Waals surface area contributed by atoms with E-state index < -0.39 is 0 Å². The van der Waals surface area contributed by atoms with Crippen molar-refractivity contribution in [3.63, 3.8) is 0 Å². The smallest absolute Gasteiger partial charge is 0.335 e. The van der Waals surface area contributed by atoms with Gasteiger partial charge >= 0.3 is 5.97 Å². The van der Waals surface area contributed by atoms with Crippen LogP contribution in [0.3, 0.4) is 0 Å². The summed E-state index contributed by atoms with van der Waals surface area (Å²) in [5.74, 6) is -0.299. The van der Waals surface area contributed by atoms with Crippen LogP contribution in [0.15, 0.2) is 35.5 Å². The summed E-state index contributed by atoms with van der Waals surface area (Å²) in [6.07, 6.45) is 2.40. The van der Waals surface area contributed by atoms with Crippen molar-refractivity contribution in [2.75, 3.05) is 13.7 Å². The first-order chi connectivity index (χ1) is 9.24. The maximum Gasteiger partial charge on any atom is 0.335 e. The molecule has 2 rings (SSSR count). The van der Waals surface area contributed by atoms with Crippen LogP contribution in [-0.4, -0.2) is 19.6 Å². The third kappa shape index (κ3) is 3.14. The number of nitriles is 1. The molecule has 0 bridgehead atoms. The Balaban J connectivity index is 2.28. The van der Waals surface area contributed by atoms with Crippen molar-refractivity contribution in [1.82, 2.24) is 5.32 Å². The Hall–Kier alpha value is -2.28. The molecule has 1 aromatic carbocycles. The second-order valence-electron chi connectivity index (χ2n) is 4.47. The molecule has 0 aromatic heterocycles. The number of allylic oxidation sites excluding steroid dienone is 1. The molecule has 1 saturated heterocycles. The van der Waals surface area contributed by atoms with Crippen LogP contribution >= 0.6 is 0 Å². The molecule has 19 heavy (non-hydrogen) atoms. The van der Waals surface area contributed by atoms with Crippen LogP contribution in [0.25, 0.3) is 0 Å². The Labute approximate surface area is 112 Å². The Morgan fingerprint density at radius 1 is 1.53 bits per heavy atom.